The summed E-state index contributed by atoms with van der Waals surface area (Å²) >= 11 is 1.70. The highest BCUT2D eigenvalue weighted by molar-refractivity contribution is 7.09. The number of hydrogen-bond donors (Lipinski definition) is 1. The lowest BCUT2D eigenvalue weighted by atomic mass is 10.3. The molecule has 2 aromatic rings. The maximum absolute atomic E-state index is 10.9. The molecule has 0 saturated carbocycles. The van der Waals surface area contributed by atoms with Crippen LogP contribution in [0.25, 0.3) is 0 Å². The second-order valence-corrected chi connectivity index (χ2v) is 6.13. The fourth-order valence-corrected chi connectivity index (χ4v) is 2.98. The molecule has 0 radical (unpaired) electrons. The molecule has 2 aromatic heterocycles. The third-order valence-electron chi connectivity index (χ3n) is 3.69. The summed E-state index contributed by atoms with van der Waals surface area (Å²) < 4.78 is 0. The SMILES string of the molecule is CCN(CC)CCN(Cc1cccs1)c1cnc(C(=O)O)cn1. The van der Waals surface area contributed by atoms with Gasteiger partial charge in [0.25, 0.3) is 0 Å². The zero-order chi connectivity index (χ0) is 16.7. The summed E-state index contributed by atoms with van der Waals surface area (Å²) in [4.78, 5) is 24.9. The van der Waals surface area contributed by atoms with Crippen molar-refractivity contribution >= 4 is 23.1 Å². The Morgan fingerprint density at radius 1 is 1.22 bits per heavy atom. The van der Waals surface area contributed by atoms with Gasteiger partial charge in [0.2, 0.25) is 0 Å². The van der Waals surface area contributed by atoms with E-state index in [1.807, 2.05) is 6.07 Å². The summed E-state index contributed by atoms with van der Waals surface area (Å²) in [5.74, 6) is -0.354. The molecule has 0 aliphatic heterocycles. The van der Waals surface area contributed by atoms with Gasteiger partial charge in [-0.2, -0.15) is 0 Å². The number of likely N-dealkylation sites (N-methyl/N-ethyl adjacent to an activating group) is 1. The van der Waals surface area contributed by atoms with Crippen molar-refractivity contribution in [2.45, 2.75) is 20.4 Å². The molecule has 1 N–H and O–H groups in total. The number of hydrogen-bond acceptors (Lipinski definition) is 6. The number of carboxylic acid groups (broad SMARTS) is 1. The molecule has 23 heavy (non-hydrogen) atoms. The molecule has 0 aliphatic rings. The number of rotatable bonds is 9. The number of aromatic carboxylic acids is 1. The van der Waals surface area contributed by atoms with Gasteiger partial charge in [0.05, 0.1) is 18.9 Å². The van der Waals surface area contributed by atoms with E-state index in [9.17, 15) is 4.79 Å². The van der Waals surface area contributed by atoms with Crippen LogP contribution in [-0.4, -0.2) is 52.1 Å². The smallest absolute Gasteiger partial charge is 0.356 e. The monoisotopic (exact) mass is 334 g/mol. The first kappa shape index (κ1) is 17.4. The molecule has 0 aromatic carbocycles. The lowest BCUT2D eigenvalue weighted by Gasteiger charge is -2.26. The molecule has 0 saturated heterocycles. The molecule has 124 valence electrons. The summed E-state index contributed by atoms with van der Waals surface area (Å²) in [7, 11) is 0. The molecule has 0 bridgehead atoms. The largest absolute Gasteiger partial charge is 0.476 e. The molecule has 0 spiro atoms. The van der Waals surface area contributed by atoms with Gasteiger partial charge in [-0.1, -0.05) is 19.9 Å². The van der Waals surface area contributed by atoms with Crippen LogP contribution in [0.3, 0.4) is 0 Å². The van der Waals surface area contributed by atoms with E-state index in [1.165, 1.54) is 11.1 Å². The summed E-state index contributed by atoms with van der Waals surface area (Å²) in [5, 5.41) is 11.0. The van der Waals surface area contributed by atoms with E-state index in [4.69, 9.17) is 5.11 Å². The van der Waals surface area contributed by atoms with Gasteiger partial charge in [0, 0.05) is 18.0 Å². The summed E-state index contributed by atoms with van der Waals surface area (Å²) in [6.07, 6.45) is 2.86. The Balaban J connectivity index is 2.12. The van der Waals surface area contributed by atoms with Crippen molar-refractivity contribution < 1.29 is 9.90 Å². The molecule has 0 atom stereocenters. The minimum Gasteiger partial charge on any atom is -0.476 e. The van der Waals surface area contributed by atoms with Gasteiger partial charge in [-0.15, -0.1) is 11.3 Å². The Hall–Kier alpha value is -1.99. The summed E-state index contributed by atoms with van der Waals surface area (Å²) in [6.45, 7) is 8.81. The summed E-state index contributed by atoms with van der Waals surface area (Å²) in [5.41, 5.74) is -0.0337. The second kappa shape index (κ2) is 8.59. The highest BCUT2D eigenvalue weighted by atomic mass is 32.1. The van der Waals surface area contributed by atoms with Gasteiger partial charge in [-0.3, -0.25) is 0 Å². The molecular weight excluding hydrogens is 312 g/mol. The molecule has 0 fully saturated rings. The summed E-state index contributed by atoms with van der Waals surface area (Å²) in [6, 6.07) is 4.12. The third-order valence-corrected chi connectivity index (χ3v) is 4.55. The fraction of sp³-hybridized carbons (Fsp3) is 0.438. The van der Waals surface area contributed by atoms with Gasteiger partial charge in [-0.25, -0.2) is 14.8 Å². The van der Waals surface area contributed by atoms with E-state index < -0.39 is 5.97 Å². The van der Waals surface area contributed by atoms with Crippen molar-refractivity contribution in [1.29, 1.82) is 0 Å². The van der Waals surface area contributed by atoms with E-state index in [0.717, 1.165) is 32.7 Å². The predicted octanol–water partition coefficient (Wildman–Crippen LogP) is 2.58. The molecule has 6 nitrogen and oxygen atoms in total. The van der Waals surface area contributed by atoms with Crippen molar-refractivity contribution in [2.75, 3.05) is 31.1 Å². The van der Waals surface area contributed by atoms with Crippen molar-refractivity contribution in [2.24, 2.45) is 0 Å². The van der Waals surface area contributed by atoms with Crippen LogP contribution in [-0.2, 0) is 6.54 Å². The highest BCUT2D eigenvalue weighted by Gasteiger charge is 2.13. The van der Waals surface area contributed by atoms with Crippen LogP contribution in [0.1, 0.15) is 29.2 Å². The topological polar surface area (TPSA) is 69.6 Å². The average molecular weight is 334 g/mol. The van der Waals surface area contributed by atoms with Crippen LogP contribution < -0.4 is 4.90 Å². The zero-order valence-corrected chi connectivity index (χ0v) is 14.3. The third kappa shape index (κ3) is 5.01. The number of nitrogens with zero attached hydrogens (tertiary/aromatic N) is 4. The molecule has 7 heteroatoms. The Bertz CT molecular complexity index is 597. The predicted molar refractivity (Wildman–Crippen MR) is 92.1 cm³/mol. The van der Waals surface area contributed by atoms with E-state index in [-0.39, 0.29) is 5.69 Å². The number of carboxylic acids is 1. The minimum atomic E-state index is -1.06. The van der Waals surface area contributed by atoms with Gasteiger partial charge in [-0.05, 0) is 24.5 Å². The van der Waals surface area contributed by atoms with Crippen LogP contribution in [0, 0.1) is 0 Å². The van der Waals surface area contributed by atoms with Crippen molar-refractivity contribution in [3.8, 4) is 0 Å². The van der Waals surface area contributed by atoms with Gasteiger partial charge in [0.15, 0.2) is 5.69 Å². The zero-order valence-electron chi connectivity index (χ0n) is 13.5. The number of carbonyl (C=O) groups is 1. The standard InChI is InChI=1S/C16H22N4O2S/c1-3-19(4-2)7-8-20(12-13-6-5-9-23-13)15-11-17-14(10-18-15)16(21)22/h5-6,9-11H,3-4,7-8,12H2,1-2H3,(H,21,22). The molecule has 0 amide bonds. The molecule has 2 rings (SSSR count). The fourth-order valence-electron chi connectivity index (χ4n) is 2.26. The van der Waals surface area contributed by atoms with E-state index in [2.05, 4.69) is 45.1 Å². The molecule has 0 aliphatic carbocycles. The number of anilines is 1. The van der Waals surface area contributed by atoms with E-state index >= 15 is 0 Å². The van der Waals surface area contributed by atoms with Crippen molar-refractivity contribution in [1.82, 2.24) is 14.9 Å². The number of thiophene rings is 1. The van der Waals surface area contributed by atoms with Gasteiger partial charge >= 0.3 is 5.97 Å². The second-order valence-electron chi connectivity index (χ2n) is 5.09. The van der Waals surface area contributed by atoms with Crippen LogP contribution in [0.4, 0.5) is 5.82 Å². The first-order chi connectivity index (χ1) is 11.1. The quantitative estimate of drug-likeness (QED) is 0.760. The average Bonchev–Trinajstić information content (AvgIpc) is 3.08. The minimum absolute atomic E-state index is 0.0337. The highest BCUT2D eigenvalue weighted by Crippen LogP contribution is 2.17. The maximum atomic E-state index is 10.9. The van der Waals surface area contributed by atoms with Crippen molar-refractivity contribution in [3.63, 3.8) is 0 Å². The first-order valence-corrected chi connectivity index (χ1v) is 8.57. The van der Waals surface area contributed by atoms with Crippen LogP contribution in [0.15, 0.2) is 29.9 Å². The Morgan fingerprint density at radius 3 is 2.52 bits per heavy atom. The van der Waals surface area contributed by atoms with Gasteiger partial charge in [0.1, 0.15) is 5.82 Å². The molecule has 0 unspecified atom stereocenters. The molecule has 2 heterocycles. The van der Waals surface area contributed by atoms with Crippen LogP contribution >= 0.6 is 11.3 Å². The van der Waals surface area contributed by atoms with Crippen LogP contribution in [0.5, 0.6) is 0 Å². The van der Waals surface area contributed by atoms with Crippen LogP contribution in [0.2, 0.25) is 0 Å². The van der Waals surface area contributed by atoms with Gasteiger partial charge < -0.3 is 14.9 Å². The Kier molecular flexibility index (Phi) is 6.49. The lowest BCUT2D eigenvalue weighted by Crippen LogP contribution is -2.35. The Morgan fingerprint density at radius 2 is 2.00 bits per heavy atom. The maximum Gasteiger partial charge on any atom is 0.356 e. The van der Waals surface area contributed by atoms with E-state index in [0.29, 0.717) is 5.82 Å². The Labute approximate surface area is 140 Å². The van der Waals surface area contributed by atoms with Crippen molar-refractivity contribution in [3.05, 3.63) is 40.5 Å². The lowest BCUT2D eigenvalue weighted by molar-refractivity contribution is 0.0690. The molecular formula is C16H22N4O2S. The number of aromatic nitrogens is 2. The first-order valence-electron chi connectivity index (χ1n) is 7.69. The normalized spacial score (nSPS) is 10.9. The van der Waals surface area contributed by atoms with E-state index in [1.54, 1.807) is 17.5 Å².